The number of alkyl halides is 3. The highest BCUT2D eigenvalue weighted by Gasteiger charge is 2.37. The first-order valence-corrected chi connectivity index (χ1v) is 4.84. The SMILES string of the molecule is C=C(C(=O)/C(=C/CCC)CC)C(F)(F)F. The highest BCUT2D eigenvalue weighted by atomic mass is 19.4. The van der Waals surface area contributed by atoms with Crippen LogP contribution in [0.25, 0.3) is 0 Å². The average molecular weight is 220 g/mol. The zero-order valence-corrected chi connectivity index (χ0v) is 8.95. The topological polar surface area (TPSA) is 17.1 Å². The second-order valence-corrected chi connectivity index (χ2v) is 3.18. The fourth-order valence-electron chi connectivity index (χ4n) is 1.04. The molecule has 0 fully saturated rings. The summed E-state index contributed by atoms with van der Waals surface area (Å²) >= 11 is 0. The minimum atomic E-state index is -4.63. The van der Waals surface area contributed by atoms with Crippen LogP contribution in [0.5, 0.6) is 0 Å². The van der Waals surface area contributed by atoms with Crippen molar-refractivity contribution in [3.63, 3.8) is 0 Å². The summed E-state index contributed by atoms with van der Waals surface area (Å²) in [6.07, 6.45) is -1.36. The van der Waals surface area contributed by atoms with Crippen LogP contribution in [-0.4, -0.2) is 12.0 Å². The third-order valence-corrected chi connectivity index (χ3v) is 1.97. The molecule has 0 radical (unpaired) electrons. The minimum Gasteiger partial charge on any atom is -0.289 e. The molecule has 1 nitrogen and oxygen atoms in total. The number of Topliss-reactive ketones (excluding diaryl/α,β-unsaturated/α-hetero) is 1. The van der Waals surface area contributed by atoms with Crippen LogP contribution in [-0.2, 0) is 4.79 Å². The molecule has 0 aromatic carbocycles. The molecule has 0 aromatic heterocycles. The van der Waals surface area contributed by atoms with Crippen LogP contribution < -0.4 is 0 Å². The number of unbranched alkanes of at least 4 members (excludes halogenated alkanes) is 1. The van der Waals surface area contributed by atoms with Gasteiger partial charge < -0.3 is 0 Å². The summed E-state index contributed by atoms with van der Waals surface area (Å²) in [5.41, 5.74) is -1.09. The number of halogens is 3. The average Bonchev–Trinajstić information content (AvgIpc) is 2.16. The first-order chi connectivity index (χ1) is 6.84. The van der Waals surface area contributed by atoms with E-state index in [0.29, 0.717) is 12.8 Å². The molecule has 0 aliphatic heterocycles. The third-order valence-electron chi connectivity index (χ3n) is 1.97. The maximum Gasteiger partial charge on any atom is 0.419 e. The molecule has 0 aliphatic rings. The van der Waals surface area contributed by atoms with E-state index in [4.69, 9.17) is 0 Å². The second kappa shape index (κ2) is 5.73. The van der Waals surface area contributed by atoms with Crippen molar-refractivity contribution in [2.75, 3.05) is 0 Å². The quantitative estimate of drug-likeness (QED) is 0.644. The normalized spacial score (nSPS) is 12.7. The number of carbonyl (C=O) groups is 1. The van der Waals surface area contributed by atoms with Gasteiger partial charge in [-0.1, -0.05) is 32.9 Å². The molecule has 0 N–H and O–H groups in total. The van der Waals surface area contributed by atoms with Gasteiger partial charge in [0, 0.05) is 0 Å². The molecule has 15 heavy (non-hydrogen) atoms. The Hall–Kier alpha value is -1.06. The number of rotatable bonds is 5. The van der Waals surface area contributed by atoms with Gasteiger partial charge in [-0.2, -0.15) is 13.2 Å². The maximum atomic E-state index is 12.2. The van der Waals surface area contributed by atoms with Gasteiger partial charge in [0.15, 0.2) is 5.78 Å². The fraction of sp³-hybridized carbons (Fsp3) is 0.545. The van der Waals surface area contributed by atoms with E-state index in [1.807, 2.05) is 6.92 Å². The molecule has 0 amide bonds. The van der Waals surface area contributed by atoms with E-state index in [-0.39, 0.29) is 5.57 Å². The van der Waals surface area contributed by atoms with Crippen molar-refractivity contribution in [3.8, 4) is 0 Å². The molecular formula is C11H15F3O. The lowest BCUT2D eigenvalue weighted by Gasteiger charge is -2.10. The summed E-state index contributed by atoms with van der Waals surface area (Å²) in [6.45, 7) is 6.34. The van der Waals surface area contributed by atoms with Gasteiger partial charge in [0.1, 0.15) is 0 Å². The molecule has 0 atom stereocenters. The Morgan fingerprint density at radius 1 is 1.33 bits per heavy atom. The van der Waals surface area contributed by atoms with Crippen LogP contribution in [0, 0.1) is 0 Å². The first kappa shape index (κ1) is 13.9. The molecule has 0 unspecified atom stereocenters. The van der Waals surface area contributed by atoms with Gasteiger partial charge >= 0.3 is 6.18 Å². The fourth-order valence-corrected chi connectivity index (χ4v) is 1.04. The largest absolute Gasteiger partial charge is 0.419 e. The molecule has 0 bridgehead atoms. The highest BCUT2D eigenvalue weighted by molar-refractivity contribution is 6.08. The predicted octanol–water partition coefficient (Wildman–Crippen LogP) is 3.81. The smallest absolute Gasteiger partial charge is 0.289 e. The molecule has 0 spiro atoms. The molecule has 0 rings (SSSR count). The Labute approximate surface area is 87.7 Å². The standard InChI is InChI=1S/C11H15F3O/c1-4-6-7-9(5-2)10(15)8(3)11(12,13)14/h7H,3-6H2,1-2H3/b9-7+. The number of allylic oxidation sites excluding steroid dienone is 3. The van der Waals surface area contributed by atoms with Crippen LogP contribution in [0.15, 0.2) is 23.8 Å². The van der Waals surface area contributed by atoms with Crippen molar-refractivity contribution in [1.29, 1.82) is 0 Å². The van der Waals surface area contributed by atoms with E-state index < -0.39 is 17.5 Å². The molecule has 0 aromatic rings. The number of hydrogen-bond acceptors (Lipinski definition) is 1. The van der Waals surface area contributed by atoms with Crippen molar-refractivity contribution in [1.82, 2.24) is 0 Å². The van der Waals surface area contributed by atoms with Crippen molar-refractivity contribution in [2.45, 2.75) is 39.3 Å². The number of ketones is 1. The molecule has 0 saturated carbocycles. The van der Waals surface area contributed by atoms with Gasteiger partial charge in [0.05, 0.1) is 5.57 Å². The van der Waals surface area contributed by atoms with E-state index in [2.05, 4.69) is 6.58 Å². The Morgan fingerprint density at radius 2 is 1.87 bits per heavy atom. The van der Waals surface area contributed by atoms with Crippen molar-refractivity contribution >= 4 is 5.78 Å². The van der Waals surface area contributed by atoms with Crippen molar-refractivity contribution in [3.05, 3.63) is 23.8 Å². The van der Waals surface area contributed by atoms with Crippen LogP contribution in [0.1, 0.15) is 33.1 Å². The molecule has 0 aliphatic carbocycles. The van der Waals surface area contributed by atoms with Gasteiger partial charge in [-0.25, -0.2) is 0 Å². The lowest BCUT2D eigenvalue weighted by atomic mass is 10.0. The predicted molar refractivity (Wildman–Crippen MR) is 53.5 cm³/mol. The molecular weight excluding hydrogens is 205 g/mol. The van der Waals surface area contributed by atoms with Gasteiger partial charge in [0.2, 0.25) is 0 Å². The molecule has 86 valence electrons. The van der Waals surface area contributed by atoms with E-state index in [1.165, 1.54) is 0 Å². The first-order valence-electron chi connectivity index (χ1n) is 4.84. The lowest BCUT2D eigenvalue weighted by Crippen LogP contribution is -2.20. The van der Waals surface area contributed by atoms with Crippen LogP contribution in [0.3, 0.4) is 0 Å². The Balaban J connectivity index is 4.75. The monoisotopic (exact) mass is 220 g/mol. The van der Waals surface area contributed by atoms with Crippen LogP contribution in [0.4, 0.5) is 13.2 Å². The zero-order chi connectivity index (χ0) is 12.1. The molecule has 0 heterocycles. The number of carbonyl (C=O) groups excluding carboxylic acids is 1. The zero-order valence-electron chi connectivity index (χ0n) is 8.95. The number of hydrogen-bond donors (Lipinski definition) is 0. The summed E-state index contributed by atoms with van der Waals surface area (Å²) in [6, 6.07) is 0. The maximum absolute atomic E-state index is 12.2. The van der Waals surface area contributed by atoms with Gasteiger partial charge in [0.25, 0.3) is 0 Å². The summed E-state index contributed by atoms with van der Waals surface area (Å²) in [4.78, 5) is 11.3. The second-order valence-electron chi connectivity index (χ2n) is 3.18. The molecule has 4 heteroatoms. The Morgan fingerprint density at radius 3 is 2.20 bits per heavy atom. The minimum absolute atomic E-state index is 0.194. The molecule has 0 saturated heterocycles. The van der Waals surface area contributed by atoms with E-state index in [1.54, 1.807) is 13.0 Å². The van der Waals surface area contributed by atoms with E-state index in [0.717, 1.165) is 6.42 Å². The summed E-state index contributed by atoms with van der Waals surface area (Å²) < 4.78 is 36.5. The van der Waals surface area contributed by atoms with Gasteiger partial charge in [-0.3, -0.25) is 4.79 Å². The summed E-state index contributed by atoms with van der Waals surface area (Å²) in [5, 5.41) is 0. The lowest BCUT2D eigenvalue weighted by molar-refractivity contribution is -0.125. The summed E-state index contributed by atoms with van der Waals surface area (Å²) in [7, 11) is 0. The Bertz CT molecular complexity index is 274. The van der Waals surface area contributed by atoms with E-state index >= 15 is 0 Å². The third kappa shape index (κ3) is 4.32. The Kier molecular flexibility index (Phi) is 5.33. The van der Waals surface area contributed by atoms with Crippen molar-refractivity contribution < 1.29 is 18.0 Å². The van der Waals surface area contributed by atoms with Gasteiger partial charge in [-0.15, -0.1) is 0 Å². The van der Waals surface area contributed by atoms with Crippen LogP contribution >= 0.6 is 0 Å². The van der Waals surface area contributed by atoms with Crippen molar-refractivity contribution in [2.24, 2.45) is 0 Å². The summed E-state index contributed by atoms with van der Waals surface area (Å²) in [5.74, 6) is -0.988. The van der Waals surface area contributed by atoms with E-state index in [9.17, 15) is 18.0 Å². The van der Waals surface area contributed by atoms with Crippen LogP contribution in [0.2, 0.25) is 0 Å². The highest BCUT2D eigenvalue weighted by Crippen LogP contribution is 2.27. The van der Waals surface area contributed by atoms with Gasteiger partial charge in [-0.05, 0) is 18.4 Å².